The van der Waals surface area contributed by atoms with Crippen molar-refractivity contribution in [3.05, 3.63) is 139 Å². The fraction of sp³-hybridized carbons (Fsp3) is 0.0833. The molecule has 0 unspecified atom stereocenters. The van der Waals surface area contributed by atoms with Gasteiger partial charge in [0.1, 0.15) is 0 Å². The first-order chi connectivity index (χ1) is 20.4. The SMILES string of the molecule is C[Si](C)=[Zr]([Cl])[Cl].Cc1cc2c(-c3ccccc3)cccc2[cH-]1.c1ccc(-c2cccc3[cH-]c(-c4ncc[nH]4)cc23)cc1. The van der Waals surface area contributed by atoms with Gasteiger partial charge >= 0.3 is 53.5 Å². The van der Waals surface area contributed by atoms with Gasteiger partial charge < -0.3 is 4.98 Å². The van der Waals surface area contributed by atoms with Crippen LogP contribution in [0, 0.1) is 6.92 Å². The zero-order valence-electron chi connectivity index (χ0n) is 23.9. The Kier molecular flexibility index (Phi) is 10.5. The summed E-state index contributed by atoms with van der Waals surface area (Å²) >= 11 is -1.65. The van der Waals surface area contributed by atoms with E-state index in [9.17, 15) is 0 Å². The second kappa shape index (κ2) is 14.4. The molecule has 7 aromatic rings. The Bertz CT molecular complexity index is 1900. The summed E-state index contributed by atoms with van der Waals surface area (Å²) in [6.45, 7) is 6.48. The van der Waals surface area contributed by atoms with Crippen LogP contribution < -0.4 is 0 Å². The number of aromatic nitrogens is 2. The normalized spacial score (nSPS) is 10.5. The number of imidazole rings is 1. The Morgan fingerprint density at radius 2 is 1.21 bits per heavy atom. The van der Waals surface area contributed by atoms with Gasteiger partial charge in [-0.2, -0.15) is 6.07 Å². The summed E-state index contributed by atoms with van der Waals surface area (Å²) < 4.78 is 0. The number of rotatable bonds is 3. The molecule has 0 aliphatic heterocycles. The Labute approximate surface area is 263 Å². The van der Waals surface area contributed by atoms with E-state index in [1.165, 1.54) is 49.4 Å². The first-order valence-corrected chi connectivity index (χ1v) is 26.4. The summed E-state index contributed by atoms with van der Waals surface area (Å²) in [5.41, 5.74) is 7.37. The Hall–Kier alpha value is -3.01. The molecule has 7 rings (SSSR count). The predicted molar refractivity (Wildman–Crippen MR) is 181 cm³/mol. The number of hydrogen-bond donors (Lipinski definition) is 1. The van der Waals surface area contributed by atoms with E-state index in [4.69, 9.17) is 17.0 Å². The third-order valence-electron chi connectivity index (χ3n) is 6.96. The van der Waals surface area contributed by atoms with Crippen LogP contribution in [0.4, 0.5) is 0 Å². The molecule has 1 N–H and O–H groups in total. The summed E-state index contributed by atoms with van der Waals surface area (Å²) in [7, 11) is 11.2. The number of aromatic amines is 1. The first-order valence-electron chi connectivity index (χ1n) is 13.9. The number of nitrogens with one attached hydrogen (secondary N) is 1. The van der Waals surface area contributed by atoms with E-state index in [0.29, 0.717) is 0 Å². The van der Waals surface area contributed by atoms with Gasteiger partial charge in [0.15, 0.2) is 0 Å². The van der Waals surface area contributed by atoms with E-state index < -0.39 is 18.0 Å². The van der Waals surface area contributed by atoms with E-state index >= 15 is 0 Å². The maximum atomic E-state index is 5.62. The third-order valence-corrected chi connectivity index (χ3v) is 26.7. The molecule has 0 aliphatic carbocycles. The van der Waals surface area contributed by atoms with Crippen molar-refractivity contribution in [3.63, 3.8) is 0 Å². The minimum Gasteiger partial charge on any atom is -0.377 e. The molecule has 42 heavy (non-hydrogen) atoms. The van der Waals surface area contributed by atoms with Crippen LogP contribution in [0.5, 0.6) is 0 Å². The molecule has 6 aromatic carbocycles. The number of fused-ring (bicyclic) bond motifs is 2. The second-order valence-electron chi connectivity index (χ2n) is 10.3. The van der Waals surface area contributed by atoms with Crippen LogP contribution >= 0.6 is 17.0 Å². The maximum Gasteiger partial charge on any atom is 0.0697 e. The van der Waals surface area contributed by atoms with Crippen molar-refractivity contribution >= 4 is 44.0 Å². The summed E-state index contributed by atoms with van der Waals surface area (Å²) in [5.74, 6) is 0.917. The number of hydrogen-bond acceptors (Lipinski definition) is 1. The van der Waals surface area contributed by atoms with Crippen LogP contribution in [0.25, 0.3) is 55.2 Å². The molecule has 0 amide bonds. The van der Waals surface area contributed by atoms with Crippen LogP contribution in [0.15, 0.2) is 134 Å². The van der Waals surface area contributed by atoms with Crippen LogP contribution in [-0.4, -0.2) is 15.4 Å². The van der Waals surface area contributed by atoms with Gasteiger partial charge in [-0.05, 0) is 11.1 Å². The fourth-order valence-corrected chi connectivity index (χ4v) is 4.92. The zero-order valence-corrected chi connectivity index (χ0v) is 28.9. The second-order valence-corrected chi connectivity index (χ2v) is 33.3. The number of H-pyrrole nitrogens is 1. The Balaban J connectivity index is 0.000000144. The minimum atomic E-state index is -1.65. The molecular weight excluding hydrogens is 651 g/mol. The first kappa shape index (κ1) is 30.4. The molecule has 0 fully saturated rings. The van der Waals surface area contributed by atoms with Crippen molar-refractivity contribution in [2.24, 2.45) is 0 Å². The van der Waals surface area contributed by atoms with Crippen LogP contribution in [0.3, 0.4) is 0 Å². The average molecular weight is 683 g/mol. The smallest absolute Gasteiger partial charge is 0.0697 e. The van der Waals surface area contributed by atoms with Gasteiger partial charge in [0.25, 0.3) is 0 Å². The third kappa shape index (κ3) is 7.49. The van der Waals surface area contributed by atoms with Crippen molar-refractivity contribution in [2.75, 3.05) is 0 Å². The number of halogens is 2. The molecule has 0 spiro atoms. The minimum absolute atomic E-state index is 0.224. The van der Waals surface area contributed by atoms with Gasteiger partial charge in [0.2, 0.25) is 0 Å². The monoisotopic (exact) mass is 680 g/mol. The molecule has 0 saturated heterocycles. The van der Waals surface area contributed by atoms with Gasteiger partial charge in [-0.1, -0.05) is 102 Å². The molecule has 0 aliphatic rings. The van der Waals surface area contributed by atoms with Crippen molar-refractivity contribution in [2.45, 2.75) is 20.0 Å². The molecular formula is C36H32Cl2N2SiZr-2. The molecule has 1 heterocycles. The largest absolute Gasteiger partial charge is 0.377 e. The van der Waals surface area contributed by atoms with Gasteiger partial charge in [0.05, 0.1) is 5.82 Å². The number of aryl methyl sites for hydroxylation is 1. The number of nitrogens with zero attached hydrogens (tertiary/aromatic N) is 1. The molecule has 210 valence electrons. The predicted octanol–water partition coefficient (Wildman–Crippen LogP) is 11.3. The summed E-state index contributed by atoms with van der Waals surface area (Å²) in [6, 6.07) is 42.9. The van der Waals surface area contributed by atoms with E-state index in [1.807, 2.05) is 12.3 Å². The topological polar surface area (TPSA) is 28.7 Å². The summed E-state index contributed by atoms with van der Waals surface area (Å²) in [4.78, 5) is 7.49. The molecule has 0 radical (unpaired) electrons. The van der Waals surface area contributed by atoms with E-state index in [2.05, 4.69) is 145 Å². The fourth-order valence-electron chi connectivity index (χ4n) is 4.92. The van der Waals surface area contributed by atoms with E-state index in [-0.39, 0.29) is 5.43 Å². The standard InChI is InChI=1S/C18H13N2.C16H13.C2H6Si.2ClH.Zr/c1-2-5-13(6-3-1)16-8-4-7-14-11-15(12-17(14)16)18-19-9-10-20-18;1-12-10-14-8-5-9-15(16(14)11-12)13-6-3-2-4-7-13;1-3-2;;;/h1-12H,(H,19,20);2-11H,1H3;1-2H3;2*1H;/q2*-1;;;;+2/p-2. The summed E-state index contributed by atoms with van der Waals surface area (Å²) in [6.07, 6.45) is 3.64. The van der Waals surface area contributed by atoms with Crippen molar-refractivity contribution < 1.29 is 18.0 Å². The van der Waals surface area contributed by atoms with Crippen molar-refractivity contribution in [3.8, 4) is 33.6 Å². The van der Waals surface area contributed by atoms with Crippen LogP contribution in [0.2, 0.25) is 13.1 Å². The zero-order chi connectivity index (χ0) is 29.5. The van der Waals surface area contributed by atoms with E-state index in [1.54, 1.807) is 6.20 Å². The van der Waals surface area contributed by atoms with Gasteiger partial charge in [-0.15, -0.1) is 63.5 Å². The molecule has 0 atom stereocenters. The van der Waals surface area contributed by atoms with Gasteiger partial charge in [-0.3, -0.25) is 4.98 Å². The molecule has 0 bridgehead atoms. The van der Waals surface area contributed by atoms with Crippen LogP contribution in [-0.2, 0) is 18.0 Å². The van der Waals surface area contributed by atoms with E-state index in [0.717, 1.165) is 11.4 Å². The molecule has 0 saturated carbocycles. The summed E-state index contributed by atoms with van der Waals surface area (Å²) in [5, 5.41) is 5.20. The van der Waals surface area contributed by atoms with Gasteiger partial charge in [0, 0.05) is 12.4 Å². The van der Waals surface area contributed by atoms with Crippen LogP contribution in [0.1, 0.15) is 5.56 Å². The Morgan fingerprint density at radius 3 is 1.71 bits per heavy atom. The van der Waals surface area contributed by atoms with Gasteiger partial charge in [-0.25, -0.2) is 0 Å². The molecule has 6 heteroatoms. The quantitative estimate of drug-likeness (QED) is 0.146. The van der Waals surface area contributed by atoms with Crippen molar-refractivity contribution in [1.29, 1.82) is 0 Å². The van der Waals surface area contributed by atoms with Crippen molar-refractivity contribution in [1.82, 2.24) is 9.97 Å². The Morgan fingerprint density at radius 1 is 0.690 bits per heavy atom. The molecule has 1 aromatic heterocycles. The number of benzene rings is 4. The maximum absolute atomic E-state index is 5.62. The molecule has 2 nitrogen and oxygen atoms in total. The average Bonchev–Trinajstić information content (AvgIpc) is 3.77.